The Morgan fingerprint density at radius 1 is 1.22 bits per heavy atom. The summed E-state index contributed by atoms with van der Waals surface area (Å²) in [7, 11) is 0. The van der Waals surface area contributed by atoms with Crippen molar-refractivity contribution in [2.75, 3.05) is 18.0 Å². The number of anilines is 1. The molecule has 1 aliphatic heterocycles. The minimum absolute atomic E-state index is 0.0181. The molecule has 0 radical (unpaired) electrons. The highest BCUT2D eigenvalue weighted by molar-refractivity contribution is 6.30. The van der Waals surface area contributed by atoms with Crippen LogP contribution in [-0.4, -0.2) is 31.0 Å². The van der Waals surface area contributed by atoms with Crippen molar-refractivity contribution < 1.29 is 14.3 Å². The number of amides is 2. The van der Waals surface area contributed by atoms with E-state index < -0.39 is 6.10 Å². The van der Waals surface area contributed by atoms with E-state index in [-0.39, 0.29) is 18.4 Å². The lowest BCUT2D eigenvalue weighted by molar-refractivity contribution is -0.129. The third-order valence-electron chi connectivity index (χ3n) is 4.54. The van der Waals surface area contributed by atoms with Crippen molar-refractivity contribution in [3.05, 3.63) is 58.6 Å². The van der Waals surface area contributed by atoms with Crippen LogP contribution >= 0.6 is 11.6 Å². The normalized spacial score (nSPS) is 15.9. The maximum absolute atomic E-state index is 12.7. The van der Waals surface area contributed by atoms with Gasteiger partial charge in [0, 0.05) is 11.6 Å². The fourth-order valence-corrected chi connectivity index (χ4v) is 3.18. The molecular weight excluding hydrogens is 364 g/mol. The van der Waals surface area contributed by atoms with Gasteiger partial charge in [0.1, 0.15) is 12.3 Å². The lowest BCUT2D eigenvalue weighted by atomic mass is 10.1. The van der Waals surface area contributed by atoms with Gasteiger partial charge in [-0.1, -0.05) is 36.7 Å². The van der Waals surface area contributed by atoms with E-state index in [4.69, 9.17) is 16.3 Å². The van der Waals surface area contributed by atoms with E-state index in [0.29, 0.717) is 35.8 Å². The first kappa shape index (κ1) is 19.2. The summed E-state index contributed by atoms with van der Waals surface area (Å²) >= 11 is 5.88. The van der Waals surface area contributed by atoms with Crippen LogP contribution in [0.25, 0.3) is 0 Å². The monoisotopic (exact) mass is 386 g/mol. The van der Waals surface area contributed by atoms with E-state index in [1.807, 2.05) is 56.3 Å². The number of nitrogens with one attached hydrogen (secondary N) is 1. The SMILES string of the molecule is CCC1Oc2ccc(C)cc2N(CC(=O)NCCc2ccc(Cl)cc2)C1=O. The number of hydrogen-bond acceptors (Lipinski definition) is 3. The second kappa shape index (κ2) is 8.44. The molecule has 2 aromatic rings. The standard InChI is InChI=1S/C21H23ClN2O3/c1-3-18-21(26)24(17-12-14(2)4-9-19(17)27-18)13-20(25)23-11-10-15-5-7-16(22)8-6-15/h4-9,12,18H,3,10-11,13H2,1-2H3,(H,23,25). The molecule has 0 bridgehead atoms. The molecule has 0 spiro atoms. The van der Waals surface area contributed by atoms with Crippen LogP contribution in [0.5, 0.6) is 5.75 Å². The average molecular weight is 387 g/mol. The van der Waals surface area contributed by atoms with Crippen LogP contribution in [0, 0.1) is 6.92 Å². The quantitative estimate of drug-likeness (QED) is 0.826. The van der Waals surface area contributed by atoms with E-state index >= 15 is 0 Å². The zero-order chi connectivity index (χ0) is 19.4. The predicted molar refractivity (Wildman–Crippen MR) is 106 cm³/mol. The van der Waals surface area contributed by atoms with E-state index in [0.717, 1.165) is 11.1 Å². The Balaban J connectivity index is 1.64. The third-order valence-corrected chi connectivity index (χ3v) is 4.79. The number of rotatable bonds is 6. The van der Waals surface area contributed by atoms with E-state index in [1.54, 1.807) is 0 Å². The highest BCUT2D eigenvalue weighted by atomic mass is 35.5. The number of nitrogens with zero attached hydrogens (tertiary/aromatic N) is 1. The predicted octanol–water partition coefficient (Wildman–Crippen LogP) is 3.51. The maximum atomic E-state index is 12.7. The van der Waals surface area contributed by atoms with Crippen LogP contribution in [0.1, 0.15) is 24.5 Å². The Labute approximate surface area is 164 Å². The zero-order valence-corrected chi connectivity index (χ0v) is 16.3. The second-order valence-electron chi connectivity index (χ2n) is 6.64. The lowest BCUT2D eigenvalue weighted by Crippen LogP contribution is -2.49. The number of aryl methyl sites for hydroxylation is 1. The molecular formula is C21H23ClN2O3. The minimum atomic E-state index is -0.554. The van der Waals surface area contributed by atoms with Crippen LogP contribution in [0.3, 0.4) is 0 Å². The first-order valence-corrected chi connectivity index (χ1v) is 9.45. The topological polar surface area (TPSA) is 58.6 Å². The molecule has 0 saturated heterocycles. The Morgan fingerprint density at radius 2 is 1.96 bits per heavy atom. The van der Waals surface area contributed by atoms with Crippen molar-refractivity contribution in [2.45, 2.75) is 32.8 Å². The minimum Gasteiger partial charge on any atom is -0.478 e. The van der Waals surface area contributed by atoms with Crippen molar-refractivity contribution in [1.82, 2.24) is 5.32 Å². The average Bonchev–Trinajstić information content (AvgIpc) is 2.65. The van der Waals surface area contributed by atoms with Gasteiger partial charge in [0.15, 0.2) is 6.10 Å². The van der Waals surface area contributed by atoms with Gasteiger partial charge in [-0.25, -0.2) is 0 Å². The Bertz CT molecular complexity index is 836. The molecule has 6 heteroatoms. The summed E-state index contributed by atoms with van der Waals surface area (Å²) < 4.78 is 5.78. The Morgan fingerprint density at radius 3 is 2.67 bits per heavy atom. The molecule has 2 aromatic carbocycles. The van der Waals surface area contributed by atoms with Crippen LogP contribution in [0.2, 0.25) is 5.02 Å². The third kappa shape index (κ3) is 4.61. The summed E-state index contributed by atoms with van der Waals surface area (Å²) in [5.74, 6) is 0.269. The molecule has 0 saturated carbocycles. The molecule has 0 fully saturated rings. The first-order valence-electron chi connectivity index (χ1n) is 9.07. The largest absolute Gasteiger partial charge is 0.478 e. The summed E-state index contributed by atoms with van der Waals surface area (Å²) in [5, 5.41) is 3.57. The van der Waals surface area contributed by atoms with E-state index in [1.165, 1.54) is 4.90 Å². The number of benzene rings is 2. The molecule has 1 heterocycles. The highest BCUT2D eigenvalue weighted by Gasteiger charge is 2.34. The zero-order valence-electron chi connectivity index (χ0n) is 15.5. The number of halogens is 1. The molecule has 27 heavy (non-hydrogen) atoms. The Kier molecular flexibility index (Phi) is 6.01. The number of hydrogen-bond donors (Lipinski definition) is 1. The fourth-order valence-electron chi connectivity index (χ4n) is 3.05. The van der Waals surface area contributed by atoms with Crippen molar-refractivity contribution in [3.63, 3.8) is 0 Å². The van der Waals surface area contributed by atoms with Crippen LogP contribution < -0.4 is 15.0 Å². The molecule has 0 aliphatic carbocycles. The lowest BCUT2D eigenvalue weighted by Gasteiger charge is -2.33. The van der Waals surface area contributed by atoms with Gasteiger partial charge in [0.25, 0.3) is 5.91 Å². The first-order chi connectivity index (χ1) is 13.0. The smallest absolute Gasteiger partial charge is 0.268 e. The molecule has 3 rings (SSSR count). The molecule has 1 aliphatic rings. The number of carbonyl (C=O) groups excluding carboxylic acids is 2. The second-order valence-corrected chi connectivity index (χ2v) is 7.07. The molecule has 2 amide bonds. The maximum Gasteiger partial charge on any atom is 0.268 e. The van der Waals surface area contributed by atoms with Gasteiger partial charge in [-0.05, 0) is 55.2 Å². The van der Waals surface area contributed by atoms with Gasteiger partial charge >= 0.3 is 0 Å². The van der Waals surface area contributed by atoms with Gasteiger partial charge < -0.3 is 10.1 Å². The summed E-state index contributed by atoms with van der Waals surface area (Å²) in [6, 6.07) is 13.2. The van der Waals surface area contributed by atoms with Gasteiger partial charge in [-0.15, -0.1) is 0 Å². The molecule has 0 aromatic heterocycles. The number of carbonyl (C=O) groups is 2. The van der Waals surface area contributed by atoms with Gasteiger partial charge in [0.2, 0.25) is 5.91 Å². The van der Waals surface area contributed by atoms with E-state index in [2.05, 4.69) is 5.32 Å². The van der Waals surface area contributed by atoms with E-state index in [9.17, 15) is 9.59 Å². The Hall–Kier alpha value is -2.53. The van der Waals surface area contributed by atoms with Crippen molar-refractivity contribution in [3.8, 4) is 5.75 Å². The number of fused-ring (bicyclic) bond motifs is 1. The molecule has 142 valence electrons. The molecule has 1 atom stereocenters. The van der Waals surface area contributed by atoms with Crippen LogP contribution in [0.4, 0.5) is 5.69 Å². The number of ether oxygens (including phenoxy) is 1. The van der Waals surface area contributed by atoms with Crippen LogP contribution in [-0.2, 0) is 16.0 Å². The fraction of sp³-hybridized carbons (Fsp3) is 0.333. The van der Waals surface area contributed by atoms with Crippen molar-refractivity contribution in [1.29, 1.82) is 0 Å². The van der Waals surface area contributed by atoms with Crippen molar-refractivity contribution in [2.24, 2.45) is 0 Å². The summed E-state index contributed by atoms with van der Waals surface area (Å²) in [5.41, 5.74) is 2.75. The van der Waals surface area contributed by atoms with Gasteiger partial charge in [0.05, 0.1) is 5.69 Å². The van der Waals surface area contributed by atoms with Gasteiger partial charge in [-0.3, -0.25) is 14.5 Å². The summed E-state index contributed by atoms with van der Waals surface area (Å²) in [6.45, 7) is 4.32. The van der Waals surface area contributed by atoms with Gasteiger partial charge in [-0.2, -0.15) is 0 Å². The highest BCUT2D eigenvalue weighted by Crippen LogP contribution is 2.35. The summed E-state index contributed by atoms with van der Waals surface area (Å²) in [4.78, 5) is 26.7. The molecule has 1 unspecified atom stereocenters. The summed E-state index contributed by atoms with van der Waals surface area (Å²) in [6.07, 6.45) is 0.704. The molecule has 1 N–H and O–H groups in total. The van der Waals surface area contributed by atoms with Crippen molar-refractivity contribution >= 4 is 29.1 Å². The molecule has 5 nitrogen and oxygen atoms in total. The van der Waals surface area contributed by atoms with Crippen LogP contribution in [0.15, 0.2) is 42.5 Å².